The first kappa shape index (κ1) is 35.9. The first-order valence-electron chi connectivity index (χ1n) is 19.5. The number of fused-ring (bicyclic) bond motifs is 2. The number of methoxy groups -OCH3 is 1. The first-order chi connectivity index (χ1) is 26.7. The van der Waals surface area contributed by atoms with Gasteiger partial charge in [-0.1, -0.05) is 12.1 Å². The van der Waals surface area contributed by atoms with Crippen molar-refractivity contribution in [2.75, 3.05) is 50.1 Å². The van der Waals surface area contributed by atoms with Gasteiger partial charge in [0.15, 0.2) is 6.23 Å². The number of hydrogen-bond donors (Lipinski definition) is 3. The number of likely N-dealkylation sites (tertiary alicyclic amines) is 1. The van der Waals surface area contributed by atoms with Crippen molar-refractivity contribution in [3.63, 3.8) is 0 Å². The average Bonchev–Trinajstić information content (AvgIpc) is 3.72. The number of hydrogen-bond acceptors (Lipinski definition) is 11. The van der Waals surface area contributed by atoms with E-state index in [1.54, 1.807) is 46.9 Å². The third kappa shape index (κ3) is 6.67. The van der Waals surface area contributed by atoms with Crippen LogP contribution in [0.5, 0.6) is 5.75 Å². The Kier molecular flexibility index (Phi) is 9.38. The Bertz CT molecular complexity index is 2300. The third-order valence-electron chi connectivity index (χ3n) is 12.6. The number of aryl methyl sites for hydroxylation is 1. The third-order valence-corrected chi connectivity index (χ3v) is 13.8. The van der Waals surface area contributed by atoms with Crippen LogP contribution in [0.15, 0.2) is 59.5 Å². The monoisotopic (exact) mass is 764 g/mol. The van der Waals surface area contributed by atoms with Gasteiger partial charge in [0.1, 0.15) is 11.8 Å². The summed E-state index contributed by atoms with van der Waals surface area (Å²) < 4.78 is 9.98. The predicted octanol–water partition coefficient (Wildman–Crippen LogP) is 5.31. The Morgan fingerprint density at radius 2 is 1.84 bits per heavy atom. The van der Waals surface area contributed by atoms with E-state index in [0.29, 0.717) is 35.1 Å². The van der Waals surface area contributed by atoms with Gasteiger partial charge in [0.05, 0.1) is 50.4 Å². The van der Waals surface area contributed by atoms with Crippen LogP contribution in [-0.2, 0) is 16.6 Å². The van der Waals surface area contributed by atoms with Crippen LogP contribution in [-0.4, -0.2) is 80.8 Å². The van der Waals surface area contributed by atoms with Crippen LogP contribution in [0.4, 0.5) is 11.4 Å². The number of benzene rings is 2. The van der Waals surface area contributed by atoms with E-state index >= 15 is 0 Å². The molecule has 3 aromatic heterocycles. The van der Waals surface area contributed by atoms with Gasteiger partial charge in [-0.05, 0) is 86.6 Å². The number of aliphatic hydroxyl groups excluding tert-OH is 1. The predicted molar refractivity (Wildman–Crippen MR) is 213 cm³/mol. The van der Waals surface area contributed by atoms with Crippen molar-refractivity contribution in [1.29, 1.82) is 0 Å². The zero-order valence-electron chi connectivity index (χ0n) is 31.4. The molecule has 1 saturated carbocycles. The second-order valence-electron chi connectivity index (χ2n) is 16.1. The number of imide groups is 1. The van der Waals surface area contributed by atoms with Gasteiger partial charge >= 0.3 is 5.69 Å². The molecule has 55 heavy (non-hydrogen) atoms. The second kappa shape index (κ2) is 14.4. The van der Waals surface area contributed by atoms with Crippen molar-refractivity contribution in [1.82, 2.24) is 29.3 Å². The number of anilines is 2. The van der Waals surface area contributed by atoms with Crippen LogP contribution >= 0.6 is 11.3 Å². The normalized spacial score (nSPS) is 23.5. The number of piperidine rings is 2. The van der Waals surface area contributed by atoms with Gasteiger partial charge in [0, 0.05) is 64.4 Å². The van der Waals surface area contributed by atoms with E-state index in [1.807, 2.05) is 36.4 Å². The lowest BCUT2D eigenvalue weighted by Gasteiger charge is -2.55. The molecule has 1 spiro atoms. The Hall–Kier alpha value is -4.79. The summed E-state index contributed by atoms with van der Waals surface area (Å²) in [6, 6.07) is 14.8. The van der Waals surface area contributed by atoms with E-state index in [2.05, 4.69) is 31.5 Å². The highest BCUT2D eigenvalue weighted by atomic mass is 32.1. The second-order valence-corrected chi connectivity index (χ2v) is 17.1. The fraction of sp³-hybridized carbons (Fsp3) is 0.488. The van der Waals surface area contributed by atoms with E-state index in [0.717, 1.165) is 91.0 Å². The number of carbonyl (C=O) groups is 2. The highest BCUT2D eigenvalue weighted by Gasteiger charge is 2.45. The molecule has 0 radical (unpaired) electrons. The molecule has 2 atom stereocenters. The molecule has 1 aliphatic carbocycles. The summed E-state index contributed by atoms with van der Waals surface area (Å²) in [5.74, 6) is 1.13. The summed E-state index contributed by atoms with van der Waals surface area (Å²) in [4.78, 5) is 52.3. The number of thiazole rings is 1. The SMILES string of the molecule is COc1cc2nc([C@H]3CC[C@H](CN4CC5(CCN(c6cccc7c6n(C)c(=O)n7C6CCC(=O)NC6=O)CC5)C4)CC3)sc2cc1NC(O)c1ccccn1. The van der Waals surface area contributed by atoms with Gasteiger partial charge in [-0.25, -0.2) is 9.78 Å². The number of amides is 2. The van der Waals surface area contributed by atoms with E-state index in [9.17, 15) is 19.5 Å². The number of nitrogens with one attached hydrogen (secondary N) is 2. The minimum Gasteiger partial charge on any atom is -0.495 e. The van der Waals surface area contributed by atoms with Crippen molar-refractivity contribution in [2.45, 2.75) is 69.6 Å². The largest absolute Gasteiger partial charge is 0.495 e. The van der Waals surface area contributed by atoms with Crippen LogP contribution in [0, 0.1) is 11.3 Å². The highest BCUT2D eigenvalue weighted by Crippen LogP contribution is 2.45. The lowest BCUT2D eigenvalue weighted by atomic mass is 9.71. The van der Waals surface area contributed by atoms with E-state index in [4.69, 9.17) is 9.72 Å². The fourth-order valence-electron chi connectivity index (χ4n) is 9.62. The van der Waals surface area contributed by atoms with E-state index < -0.39 is 18.2 Å². The van der Waals surface area contributed by atoms with Crippen molar-refractivity contribution >= 4 is 55.8 Å². The highest BCUT2D eigenvalue weighted by molar-refractivity contribution is 7.18. The maximum absolute atomic E-state index is 13.5. The molecule has 13 nitrogen and oxygen atoms in total. The van der Waals surface area contributed by atoms with Crippen molar-refractivity contribution < 1.29 is 19.4 Å². The molecular weight excluding hydrogens is 717 g/mol. The van der Waals surface area contributed by atoms with Gasteiger partial charge < -0.3 is 25.0 Å². The molecular formula is C41H48N8O5S. The van der Waals surface area contributed by atoms with E-state index in [1.165, 1.54) is 17.8 Å². The number of pyridine rings is 1. The number of imidazole rings is 1. The Labute approximate surface area is 323 Å². The first-order valence-corrected chi connectivity index (χ1v) is 20.4. The van der Waals surface area contributed by atoms with Crippen molar-refractivity contribution in [3.8, 4) is 5.75 Å². The van der Waals surface area contributed by atoms with Gasteiger partial charge in [-0.3, -0.25) is 29.0 Å². The zero-order chi connectivity index (χ0) is 37.8. The number of para-hydroxylation sites is 1. The summed E-state index contributed by atoms with van der Waals surface area (Å²) in [7, 11) is 3.42. The van der Waals surface area contributed by atoms with Crippen molar-refractivity contribution in [2.24, 2.45) is 18.4 Å². The summed E-state index contributed by atoms with van der Waals surface area (Å²) >= 11 is 1.75. The minimum atomic E-state index is -0.948. The average molecular weight is 765 g/mol. The number of ether oxygens (including phenoxy) is 1. The maximum atomic E-state index is 13.5. The van der Waals surface area contributed by atoms with Crippen molar-refractivity contribution in [3.05, 3.63) is 75.9 Å². The van der Waals surface area contributed by atoms with Gasteiger partial charge in [-0.2, -0.15) is 0 Å². The Morgan fingerprint density at radius 3 is 2.56 bits per heavy atom. The number of aliphatic hydroxyl groups is 1. The van der Waals surface area contributed by atoms with Gasteiger partial charge in [-0.15, -0.1) is 11.3 Å². The molecule has 0 bridgehead atoms. The molecule has 14 heteroatoms. The molecule has 2 unspecified atom stereocenters. The summed E-state index contributed by atoms with van der Waals surface area (Å²) in [6.07, 6.45) is 8.25. The Balaban J connectivity index is 0.785. The van der Waals surface area contributed by atoms with Gasteiger partial charge in [0.2, 0.25) is 11.8 Å². The molecule has 5 aromatic rings. The van der Waals surface area contributed by atoms with Crippen LogP contribution in [0.2, 0.25) is 0 Å². The van der Waals surface area contributed by atoms with E-state index in [-0.39, 0.29) is 18.0 Å². The molecule has 4 fully saturated rings. The molecule has 288 valence electrons. The van der Waals surface area contributed by atoms with Crippen LogP contribution in [0.1, 0.15) is 80.3 Å². The lowest BCUT2D eigenvalue weighted by molar-refractivity contribution is -0.135. The number of carbonyl (C=O) groups excluding carboxylic acids is 2. The number of aromatic nitrogens is 4. The summed E-state index contributed by atoms with van der Waals surface area (Å²) in [5.41, 5.74) is 4.96. The molecule has 3 saturated heterocycles. The lowest BCUT2D eigenvalue weighted by Crippen LogP contribution is -2.61. The smallest absolute Gasteiger partial charge is 0.329 e. The van der Waals surface area contributed by atoms with Crippen LogP contribution in [0.25, 0.3) is 21.3 Å². The minimum absolute atomic E-state index is 0.226. The maximum Gasteiger partial charge on any atom is 0.329 e. The number of nitrogens with zero attached hydrogens (tertiary/aromatic N) is 6. The molecule has 4 aliphatic rings. The van der Waals surface area contributed by atoms with Crippen LogP contribution in [0.3, 0.4) is 0 Å². The van der Waals surface area contributed by atoms with Crippen LogP contribution < -0.4 is 26.0 Å². The quantitative estimate of drug-likeness (QED) is 0.133. The number of rotatable bonds is 9. The fourth-order valence-corrected chi connectivity index (χ4v) is 10.8. The molecule has 3 N–H and O–H groups in total. The molecule has 2 aromatic carbocycles. The summed E-state index contributed by atoms with van der Waals surface area (Å²) in [6.45, 7) is 5.34. The molecule has 2 amide bonds. The molecule has 9 rings (SSSR count). The standard InChI is InChI=1S/C41H48N8O5S/c1-46-36-30(7-5-8-31(36)49(40(46)53)32-13-14-35(50)45-38(32)52)48-18-15-41(16-19-48)23-47(24-41)22-25-9-11-26(12-10-25)39-44-29-20-33(54-2)28(21-34(29)55-39)43-37(51)27-6-3-4-17-42-27/h3-8,17,20-21,25-26,32,37,43,51H,9-16,18-19,22-24H2,1-2H3,(H,45,50,52)/t25-,26-,32?,37?. The topological polar surface area (TPSA) is 147 Å². The summed E-state index contributed by atoms with van der Waals surface area (Å²) in [5, 5.41) is 17.5. The Morgan fingerprint density at radius 1 is 1.04 bits per heavy atom. The van der Waals surface area contributed by atoms with Gasteiger partial charge in [0.25, 0.3) is 0 Å². The molecule has 6 heterocycles. The zero-order valence-corrected chi connectivity index (χ0v) is 32.2. The molecule has 3 aliphatic heterocycles.